The quantitative estimate of drug-likeness (QED) is 0.740. The Balaban J connectivity index is 2.40. The Morgan fingerprint density at radius 3 is 2.47 bits per heavy atom. The number of nitriles is 1. The average Bonchev–Trinajstić information content (AvgIpc) is 2.69. The van der Waals surface area contributed by atoms with Crippen LogP contribution in [0.1, 0.15) is 52.4 Å². The fourth-order valence-corrected chi connectivity index (χ4v) is 2.96. The Morgan fingerprint density at radius 2 is 1.94 bits per heavy atom. The van der Waals surface area contributed by atoms with E-state index in [9.17, 15) is 5.26 Å². The van der Waals surface area contributed by atoms with Crippen molar-refractivity contribution in [3.8, 4) is 6.07 Å². The summed E-state index contributed by atoms with van der Waals surface area (Å²) < 4.78 is 0. The summed E-state index contributed by atoms with van der Waals surface area (Å²) in [5.41, 5.74) is 5.62. The molecule has 0 aromatic carbocycles. The van der Waals surface area contributed by atoms with Gasteiger partial charge in [0, 0.05) is 0 Å². The maximum Gasteiger partial charge on any atom is 0.107 e. The van der Waals surface area contributed by atoms with Crippen LogP contribution in [0.3, 0.4) is 0 Å². The van der Waals surface area contributed by atoms with E-state index in [0.29, 0.717) is 5.92 Å². The fraction of sp³-hybridized carbons (Fsp3) is 0.929. The van der Waals surface area contributed by atoms with Crippen LogP contribution in [0.2, 0.25) is 0 Å². The molecule has 2 unspecified atom stereocenters. The lowest BCUT2D eigenvalue weighted by Gasteiger charge is -2.27. The van der Waals surface area contributed by atoms with Gasteiger partial charge in [-0.15, -0.1) is 0 Å². The first-order valence-electron chi connectivity index (χ1n) is 7.08. The molecule has 0 amide bonds. The Kier molecular flexibility index (Phi) is 5.94. The Hall–Kier alpha value is -0.590. The van der Waals surface area contributed by atoms with Crippen LogP contribution in [0.4, 0.5) is 0 Å². The van der Waals surface area contributed by atoms with Gasteiger partial charge in [0.2, 0.25) is 0 Å². The van der Waals surface area contributed by atoms with Gasteiger partial charge in [0.15, 0.2) is 0 Å². The lowest BCUT2D eigenvalue weighted by molar-refractivity contribution is 0.237. The molecular formula is C14H27N3. The third-order valence-electron chi connectivity index (χ3n) is 3.95. The van der Waals surface area contributed by atoms with Crippen molar-refractivity contribution in [1.29, 1.82) is 5.26 Å². The monoisotopic (exact) mass is 237 g/mol. The second-order valence-corrected chi connectivity index (χ2v) is 5.37. The molecule has 0 heterocycles. The number of nitrogens with zero attached hydrogens (tertiary/aromatic N) is 2. The molecule has 98 valence electrons. The molecule has 1 fully saturated rings. The molecule has 0 spiro atoms. The first-order valence-corrected chi connectivity index (χ1v) is 7.08. The number of rotatable bonds is 7. The molecule has 2 N–H and O–H groups in total. The maximum absolute atomic E-state index is 9.18. The molecule has 1 aliphatic rings. The van der Waals surface area contributed by atoms with E-state index in [4.69, 9.17) is 5.73 Å². The summed E-state index contributed by atoms with van der Waals surface area (Å²) in [6, 6.07) is 2.34. The molecule has 2 atom stereocenters. The molecule has 3 nitrogen and oxygen atoms in total. The standard InChI is InChI=1S/C14H27N3/c1-3-9-17(10-4-2)11-7-13-6-5-8-14(13,16)12-15/h13H,3-11,16H2,1-2H3. The molecule has 0 bridgehead atoms. The van der Waals surface area contributed by atoms with Crippen LogP contribution < -0.4 is 5.73 Å². The highest BCUT2D eigenvalue weighted by Gasteiger charge is 2.39. The van der Waals surface area contributed by atoms with Crippen LogP contribution in [0.25, 0.3) is 0 Å². The molecule has 17 heavy (non-hydrogen) atoms. The van der Waals surface area contributed by atoms with Gasteiger partial charge in [-0.1, -0.05) is 20.3 Å². The Morgan fingerprint density at radius 1 is 1.29 bits per heavy atom. The van der Waals surface area contributed by atoms with Crippen LogP contribution in [0.15, 0.2) is 0 Å². The molecule has 0 saturated heterocycles. The summed E-state index contributed by atoms with van der Waals surface area (Å²) in [6.07, 6.45) is 6.64. The number of hydrogen-bond donors (Lipinski definition) is 1. The summed E-state index contributed by atoms with van der Waals surface area (Å²) in [6.45, 7) is 7.89. The van der Waals surface area contributed by atoms with E-state index in [1.165, 1.54) is 25.9 Å². The molecule has 1 rings (SSSR count). The molecule has 3 heteroatoms. The van der Waals surface area contributed by atoms with Gasteiger partial charge in [-0.05, 0) is 57.7 Å². The molecule has 1 saturated carbocycles. The van der Waals surface area contributed by atoms with Crippen molar-refractivity contribution < 1.29 is 0 Å². The zero-order valence-corrected chi connectivity index (χ0v) is 11.4. The first kappa shape index (κ1) is 14.5. The van der Waals surface area contributed by atoms with Crippen molar-refractivity contribution in [2.24, 2.45) is 11.7 Å². The largest absolute Gasteiger partial charge is 0.313 e. The smallest absolute Gasteiger partial charge is 0.107 e. The van der Waals surface area contributed by atoms with Crippen LogP contribution in [0.5, 0.6) is 0 Å². The van der Waals surface area contributed by atoms with Crippen molar-refractivity contribution in [3.05, 3.63) is 0 Å². The lowest BCUT2D eigenvalue weighted by atomic mass is 9.87. The van der Waals surface area contributed by atoms with Gasteiger partial charge in [-0.25, -0.2) is 0 Å². The van der Waals surface area contributed by atoms with Crippen LogP contribution >= 0.6 is 0 Å². The average molecular weight is 237 g/mol. The van der Waals surface area contributed by atoms with Gasteiger partial charge in [-0.2, -0.15) is 5.26 Å². The van der Waals surface area contributed by atoms with Crippen LogP contribution in [-0.4, -0.2) is 30.1 Å². The van der Waals surface area contributed by atoms with Crippen molar-refractivity contribution in [2.45, 2.75) is 57.9 Å². The fourth-order valence-electron chi connectivity index (χ4n) is 2.96. The minimum Gasteiger partial charge on any atom is -0.313 e. The molecule has 1 aliphatic carbocycles. The molecule has 0 aliphatic heterocycles. The highest BCUT2D eigenvalue weighted by Crippen LogP contribution is 2.35. The summed E-state index contributed by atoms with van der Waals surface area (Å²) in [5.74, 6) is 0.406. The second-order valence-electron chi connectivity index (χ2n) is 5.37. The summed E-state index contributed by atoms with van der Waals surface area (Å²) in [5, 5.41) is 9.18. The Labute approximate surface area is 106 Å². The predicted octanol–water partition coefficient (Wildman–Crippen LogP) is 2.52. The van der Waals surface area contributed by atoms with Crippen molar-refractivity contribution in [1.82, 2.24) is 4.90 Å². The third-order valence-corrected chi connectivity index (χ3v) is 3.95. The zero-order chi connectivity index (χ0) is 12.7. The number of nitrogens with two attached hydrogens (primary N) is 1. The molecular weight excluding hydrogens is 210 g/mol. The van der Waals surface area contributed by atoms with E-state index in [0.717, 1.165) is 32.2 Å². The Bertz CT molecular complexity index is 253. The van der Waals surface area contributed by atoms with Crippen molar-refractivity contribution >= 4 is 0 Å². The van der Waals surface area contributed by atoms with E-state index in [2.05, 4.69) is 24.8 Å². The molecule has 0 aromatic heterocycles. The van der Waals surface area contributed by atoms with Gasteiger partial charge in [0.05, 0.1) is 6.07 Å². The second kappa shape index (κ2) is 6.98. The van der Waals surface area contributed by atoms with E-state index >= 15 is 0 Å². The van der Waals surface area contributed by atoms with Crippen LogP contribution in [-0.2, 0) is 0 Å². The summed E-state index contributed by atoms with van der Waals surface area (Å²) in [7, 11) is 0. The first-order chi connectivity index (χ1) is 8.16. The zero-order valence-electron chi connectivity index (χ0n) is 11.4. The van der Waals surface area contributed by atoms with Crippen LogP contribution in [0, 0.1) is 17.2 Å². The summed E-state index contributed by atoms with van der Waals surface area (Å²) in [4.78, 5) is 2.51. The molecule has 0 aromatic rings. The predicted molar refractivity (Wildman–Crippen MR) is 71.5 cm³/mol. The van der Waals surface area contributed by atoms with Gasteiger partial charge in [0.25, 0.3) is 0 Å². The molecule has 0 radical (unpaired) electrons. The van der Waals surface area contributed by atoms with Gasteiger partial charge in [-0.3, -0.25) is 0 Å². The minimum absolute atomic E-state index is 0.406. The van der Waals surface area contributed by atoms with Gasteiger partial charge < -0.3 is 10.6 Å². The topological polar surface area (TPSA) is 53.0 Å². The number of hydrogen-bond acceptors (Lipinski definition) is 3. The van der Waals surface area contributed by atoms with E-state index < -0.39 is 5.54 Å². The van der Waals surface area contributed by atoms with E-state index in [1.54, 1.807) is 0 Å². The SMILES string of the molecule is CCCN(CCC)CCC1CCCC1(N)C#N. The highest BCUT2D eigenvalue weighted by atomic mass is 15.1. The lowest BCUT2D eigenvalue weighted by Crippen LogP contribution is -2.43. The maximum atomic E-state index is 9.18. The normalized spacial score (nSPS) is 28.5. The van der Waals surface area contributed by atoms with Crippen molar-refractivity contribution in [3.63, 3.8) is 0 Å². The minimum atomic E-state index is -0.538. The van der Waals surface area contributed by atoms with Gasteiger partial charge >= 0.3 is 0 Å². The highest BCUT2D eigenvalue weighted by molar-refractivity contribution is 5.11. The summed E-state index contributed by atoms with van der Waals surface area (Å²) >= 11 is 0. The van der Waals surface area contributed by atoms with Gasteiger partial charge in [0.1, 0.15) is 5.54 Å². The van der Waals surface area contributed by atoms with Crippen molar-refractivity contribution in [2.75, 3.05) is 19.6 Å². The van der Waals surface area contributed by atoms with E-state index in [1.807, 2.05) is 0 Å². The van der Waals surface area contributed by atoms with E-state index in [-0.39, 0.29) is 0 Å². The third kappa shape index (κ3) is 3.97.